The second-order valence-corrected chi connectivity index (χ2v) is 5.23. The number of hydrogen-bond donors (Lipinski definition) is 2. The van der Waals surface area contributed by atoms with Crippen LogP contribution in [0.1, 0.15) is 30.1 Å². The van der Waals surface area contributed by atoms with E-state index in [1.54, 1.807) is 32.5 Å². The number of rotatable bonds is 8. The number of aromatic nitrogens is 1. The Balaban J connectivity index is 2.07. The largest absolute Gasteiger partial charge is 0.497 e. The van der Waals surface area contributed by atoms with Gasteiger partial charge in [0.15, 0.2) is 0 Å². The third-order valence-corrected chi connectivity index (χ3v) is 3.51. The molecule has 1 aromatic carbocycles. The van der Waals surface area contributed by atoms with Gasteiger partial charge in [-0.25, -0.2) is 4.98 Å². The summed E-state index contributed by atoms with van der Waals surface area (Å²) in [5.74, 6) is 1.90. The summed E-state index contributed by atoms with van der Waals surface area (Å²) in [5.41, 5.74) is 1.28. The highest BCUT2D eigenvalue weighted by molar-refractivity contribution is 5.94. The molecule has 1 heterocycles. The number of nitrogens with zero attached hydrogens (tertiary/aromatic N) is 1. The van der Waals surface area contributed by atoms with E-state index in [-0.39, 0.29) is 5.91 Å². The fourth-order valence-corrected chi connectivity index (χ4v) is 2.13. The Morgan fingerprint density at radius 1 is 1.17 bits per heavy atom. The maximum atomic E-state index is 12.0. The summed E-state index contributed by atoms with van der Waals surface area (Å²) >= 11 is 0. The quantitative estimate of drug-likeness (QED) is 0.727. The number of methoxy groups -OCH3 is 2. The lowest BCUT2D eigenvalue weighted by atomic mass is 10.2. The number of ether oxygens (including phenoxy) is 2. The van der Waals surface area contributed by atoms with Gasteiger partial charge in [-0.2, -0.15) is 0 Å². The molecule has 0 spiro atoms. The topological polar surface area (TPSA) is 72.5 Å². The highest BCUT2D eigenvalue weighted by Gasteiger charge is 2.08. The van der Waals surface area contributed by atoms with Gasteiger partial charge in [0.1, 0.15) is 17.3 Å². The Morgan fingerprint density at radius 3 is 2.62 bits per heavy atom. The highest BCUT2D eigenvalue weighted by Crippen LogP contribution is 2.30. The summed E-state index contributed by atoms with van der Waals surface area (Å²) in [7, 11) is 3.21. The smallest absolute Gasteiger partial charge is 0.252 e. The van der Waals surface area contributed by atoms with Crippen LogP contribution in [0.4, 0.5) is 11.5 Å². The van der Waals surface area contributed by atoms with Crippen molar-refractivity contribution in [3.05, 3.63) is 42.1 Å². The molecule has 0 saturated heterocycles. The number of carbonyl (C=O) groups excluding carboxylic acids is 1. The summed E-state index contributed by atoms with van der Waals surface area (Å²) in [4.78, 5) is 16.3. The fraction of sp³-hybridized carbons (Fsp3) is 0.333. The van der Waals surface area contributed by atoms with E-state index in [1.807, 2.05) is 18.2 Å². The van der Waals surface area contributed by atoms with E-state index < -0.39 is 0 Å². The Morgan fingerprint density at radius 2 is 2.00 bits per heavy atom. The van der Waals surface area contributed by atoms with Gasteiger partial charge in [-0.05, 0) is 30.7 Å². The fourth-order valence-electron chi connectivity index (χ4n) is 2.13. The number of nitrogens with one attached hydrogen (secondary N) is 2. The van der Waals surface area contributed by atoms with Crippen molar-refractivity contribution in [2.45, 2.75) is 19.8 Å². The predicted octanol–water partition coefficient (Wildman–Crippen LogP) is 3.37. The molecule has 0 aliphatic rings. The number of pyridine rings is 1. The molecule has 2 aromatic rings. The maximum absolute atomic E-state index is 12.0. The number of unbranched alkanes of at least 4 members (excludes halogenated alkanes) is 1. The number of anilines is 2. The number of amides is 1. The van der Waals surface area contributed by atoms with Gasteiger partial charge in [0, 0.05) is 18.8 Å². The molecule has 128 valence electrons. The minimum absolute atomic E-state index is 0.110. The van der Waals surface area contributed by atoms with Gasteiger partial charge in [0.25, 0.3) is 5.91 Å². The molecule has 0 fully saturated rings. The molecular formula is C18H23N3O3. The van der Waals surface area contributed by atoms with E-state index in [1.165, 1.54) is 0 Å². The van der Waals surface area contributed by atoms with E-state index in [0.29, 0.717) is 29.4 Å². The zero-order valence-corrected chi connectivity index (χ0v) is 14.3. The Bertz CT molecular complexity index is 672. The van der Waals surface area contributed by atoms with Crippen LogP contribution in [0.15, 0.2) is 36.5 Å². The molecule has 2 rings (SSSR count). The molecule has 6 nitrogen and oxygen atoms in total. The molecule has 1 amide bonds. The van der Waals surface area contributed by atoms with Crippen molar-refractivity contribution in [3.8, 4) is 11.5 Å². The molecule has 0 unspecified atom stereocenters. The van der Waals surface area contributed by atoms with Crippen molar-refractivity contribution >= 4 is 17.4 Å². The van der Waals surface area contributed by atoms with Crippen LogP contribution in [0.25, 0.3) is 0 Å². The Labute approximate surface area is 142 Å². The van der Waals surface area contributed by atoms with Crippen LogP contribution in [-0.4, -0.2) is 31.7 Å². The van der Waals surface area contributed by atoms with E-state index in [0.717, 1.165) is 18.5 Å². The van der Waals surface area contributed by atoms with Crippen LogP contribution in [0.3, 0.4) is 0 Å². The average Bonchev–Trinajstić information content (AvgIpc) is 2.62. The molecule has 0 bridgehead atoms. The molecular weight excluding hydrogens is 306 g/mol. The molecule has 6 heteroatoms. The van der Waals surface area contributed by atoms with Crippen LogP contribution < -0.4 is 20.1 Å². The lowest BCUT2D eigenvalue weighted by Crippen LogP contribution is -2.24. The van der Waals surface area contributed by atoms with Crippen molar-refractivity contribution in [2.24, 2.45) is 0 Å². The standard InChI is InChI=1S/C18H23N3O3/c1-4-5-10-19-18(22)13-6-9-17(20-12-13)21-15-11-14(23-2)7-8-16(15)24-3/h6-9,11-12H,4-5,10H2,1-3H3,(H,19,22)(H,20,21). The zero-order chi connectivity index (χ0) is 17.4. The molecule has 1 aromatic heterocycles. The van der Waals surface area contributed by atoms with Gasteiger partial charge in [0.05, 0.1) is 25.5 Å². The third-order valence-electron chi connectivity index (χ3n) is 3.51. The first kappa shape index (κ1) is 17.6. The molecule has 0 saturated carbocycles. The van der Waals surface area contributed by atoms with Gasteiger partial charge in [0.2, 0.25) is 0 Å². The number of benzene rings is 1. The summed E-state index contributed by atoms with van der Waals surface area (Å²) in [6, 6.07) is 8.96. The van der Waals surface area contributed by atoms with E-state index >= 15 is 0 Å². The van der Waals surface area contributed by atoms with Crippen molar-refractivity contribution in [1.82, 2.24) is 10.3 Å². The van der Waals surface area contributed by atoms with Gasteiger partial charge in [-0.15, -0.1) is 0 Å². The van der Waals surface area contributed by atoms with Crippen LogP contribution in [-0.2, 0) is 0 Å². The summed E-state index contributed by atoms with van der Waals surface area (Å²) in [6.07, 6.45) is 3.56. The number of hydrogen-bond acceptors (Lipinski definition) is 5. The van der Waals surface area contributed by atoms with Crippen LogP contribution in [0, 0.1) is 0 Å². The normalized spacial score (nSPS) is 10.1. The van der Waals surface area contributed by atoms with Crippen LogP contribution in [0.2, 0.25) is 0 Å². The average molecular weight is 329 g/mol. The van der Waals surface area contributed by atoms with Gasteiger partial charge >= 0.3 is 0 Å². The molecule has 24 heavy (non-hydrogen) atoms. The minimum Gasteiger partial charge on any atom is -0.497 e. The van der Waals surface area contributed by atoms with E-state index in [2.05, 4.69) is 22.5 Å². The second-order valence-electron chi connectivity index (χ2n) is 5.23. The first-order valence-electron chi connectivity index (χ1n) is 7.91. The molecule has 0 radical (unpaired) electrons. The number of carbonyl (C=O) groups is 1. The monoisotopic (exact) mass is 329 g/mol. The molecule has 0 aliphatic heterocycles. The van der Waals surface area contributed by atoms with Crippen molar-refractivity contribution in [1.29, 1.82) is 0 Å². The van der Waals surface area contributed by atoms with Crippen molar-refractivity contribution in [3.63, 3.8) is 0 Å². The lowest BCUT2D eigenvalue weighted by Gasteiger charge is -2.12. The predicted molar refractivity (Wildman–Crippen MR) is 94.3 cm³/mol. The lowest BCUT2D eigenvalue weighted by molar-refractivity contribution is 0.0953. The first-order valence-corrected chi connectivity index (χ1v) is 7.91. The van der Waals surface area contributed by atoms with Gasteiger partial charge in [-0.1, -0.05) is 13.3 Å². The first-order chi connectivity index (χ1) is 11.7. The highest BCUT2D eigenvalue weighted by atomic mass is 16.5. The molecule has 0 atom stereocenters. The summed E-state index contributed by atoms with van der Waals surface area (Å²) < 4.78 is 10.5. The zero-order valence-electron chi connectivity index (χ0n) is 14.3. The molecule has 2 N–H and O–H groups in total. The molecule has 0 aliphatic carbocycles. The van der Waals surface area contributed by atoms with Crippen LogP contribution in [0.5, 0.6) is 11.5 Å². The van der Waals surface area contributed by atoms with Gasteiger partial charge < -0.3 is 20.1 Å². The van der Waals surface area contributed by atoms with Crippen molar-refractivity contribution in [2.75, 3.05) is 26.1 Å². The van der Waals surface area contributed by atoms with Crippen LogP contribution >= 0.6 is 0 Å². The van der Waals surface area contributed by atoms with E-state index in [4.69, 9.17) is 9.47 Å². The second kappa shape index (κ2) is 8.76. The third kappa shape index (κ3) is 4.62. The Kier molecular flexibility index (Phi) is 6.42. The van der Waals surface area contributed by atoms with Gasteiger partial charge in [-0.3, -0.25) is 4.79 Å². The minimum atomic E-state index is -0.110. The summed E-state index contributed by atoms with van der Waals surface area (Å²) in [6.45, 7) is 2.76. The summed E-state index contributed by atoms with van der Waals surface area (Å²) in [5, 5.41) is 6.04. The Hall–Kier alpha value is -2.76. The van der Waals surface area contributed by atoms with E-state index in [9.17, 15) is 4.79 Å². The SMILES string of the molecule is CCCCNC(=O)c1ccc(Nc2cc(OC)ccc2OC)nc1. The maximum Gasteiger partial charge on any atom is 0.252 e. The van der Waals surface area contributed by atoms with Crippen molar-refractivity contribution < 1.29 is 14.3 Å².